The Bertz CT molecular complexity index is 1090. The van der Waals surface area contributed by atoms with Crippen molar-refractivity contribution >= 4 is 11.4 Å². The van der Waals surface area contributed by atoms with Crippen molar-refractivity contribution in [3.63, 3.8) is 0 Å². The minimum atomic E-state index is -0.279. The third-order valence-electron chi connectivity index (χ3n) is 6.54. The van der Waals surface area contributed by atoms with Gasteiger partial charge in [-0.25, -0.2) is 0 Å². The van der Waals surface area contributed by atoms with E-state index < -0.39 is 0 Å². The van der Waals surface area contributed by atoms with Gasteiger partial charge in [0.2, 0.25) is 0 Å². The number of carbonyl (C=O) groups excluding carboxylic acids is 1. The largest absolute Gasteiger partial charge is 0.492 e. The van der Waals surface area contributed by atoms with Gasteiger partial charge in [0.05, 0.1) is 11.6 Å². The van der Waals surface area contributed by atoms with E-state index in [4.69, 9.17) is 4.74 Å². The molecule has 2 aromatic rings. The first-order valence-electron chi connectivity index (χ1n) is 10.7. The molecular formula is C26H28N2O2. The van der Waals surface area contributed by atoms with Crippen LogP contribution >= 0.6 is 0 Å². The van der Waals surface area contributed by atoms with Crippen LogP contribution in [0, 0.1) is 11.3 Å². The van der Waals surface area contributed by atoms with Crippen LogP contribution in [0.1, 0.15) is 66.7 Å². The van der Waals surface area contributed by atoms with Crippen LogP contribution in [0.5, 0.6) is 5.75 Å². The molecule has 0 aliphatic heterocycles. The number of nitriles is 1. The average molecular weight is 401 g/mol. The third-order valence-corrected chi connectivity index (χ3v) is 6.54. The molecule has 4 heteroatoms. The Kier molecular flexibility index (Phi) is 5.26. The zero-order valence-corrected chi connectivity index (χ0v) is 18.1. The molecule has 0 radical (unpaired) electrons. The lowest BCUT2D eigenvalue weighted by Gasteiger charge is -2.34. The topological polar surface area (TPSA) is 62.1 Å². The van der Waals surface area contributed by atoms with Crippen LogP contribution in [-0.4, -0.2) is 25.0 Å². The van der Waals surface area contributed by atoms with Gasteiger partial charge in [-0.2, -0.15) is 5.26 Å². The van der Waals surface area contributed by atoms with Crippen molar-refractivity contribution in [2.45, 2.75) is 52.0 Å². The molecule has 4 rings (SSSR count). The van der Waals surface area contributed by atoms with Crippen LogP contribution in [0.15, 0.2) is 42.0 Å². The molecule has 0 aromatic heterocycles. The molecule has 0 saturated carbocycles. The van der Waals surface area contributed by atoms with Crippen molar-refractivity contribution in [2.75, 3.05) is 13.2 Å². The van der Waals surface area contributed by atoms with Crippen LogP contribution in [-0.2, 0) is 11.8 Å². The van der Waals surface area contributed by atoms with Crippen molar-refractivity contribution in [2.24, 2.45) is 0 Å². The number of hydrogen-bond acceptors (Lipinski definition) is 4. The molecule has 0 bridgehead atoms. The summed E-state index contributed by atoms with van der Waals surface area (Å²) in [5.41, 5.74) is 6.13. The molecular weight excluding hydrogens is 372 g/mol. The molecule has 4 nitrogen and oxygen atoms in total. The number of ether oxygens (including phenoxy) is 1. The van der Waals surface area contributed by atoms with E-state index in [1.165, 1.54) is 0 Å². The highest BCUT2D eigenvalue weighted by Gasteiger charge is 2.42. The summed E-state index contributed by atoms with van der Waals surface area (Å²) in [4.78, 5) is 13.4. The van der Waals surface area contributed by atoms with Gasteiger partial charge in [0, 0.05) is 29.1 Å². The number of Topliss-reactive ketones (excluding diaryl/α,β-unsaturated/α-hetero) is 1. The molecule has 154 valence electrons. The molecule has 2 aromatic carbocycles. The van der Waals surface area contributed by atoms with Crippen molar-refractivity contribution in [1.29, 1.82) is 5.26 Å². The molecule has 30 heavy (non-hydrogen) atoms. The summed E-state index contributed by atoms with van der Waals surface area (Å²) >= 11 is 0. The fraction of sp³-hybridized carbons (Fsp3) is 0.385. The number of rotatable bonds is 6. The van der Waals surface area contributed by atoms with Crippen molar-refractivity contribution < 1.29 is 9.53 Å². The number of hydrogen-bond donors (Lipinski definition) is 1. The number of ketones is 1. The van der Waals surface area contributed by atoms with Gasteiger partial charge in [0.15, 0.2) is 5.78 Å². The maximum Gasteiger partial charge on any atom is 0.193 e. The predicted octanol–water partition coefficient (Wildman–Crippen LogP) is 4.81. The molecule has 2 aliphatic rings. The van der Waals surface area contributed by atoms with Gasteiger partial charge in [0.25, 0.3) is 0 Å². The molecule has 0 fully saturated rings. The smallest absolute Gasteiger partial charge is 0.193 e. The standard InChI is InChI=1S/C26H28N2O2/c1-5-16(2)28-10-11-30-19-7-9-21-22(14-19)26(3,4)23-13-18-12-17(15-27)6-8-20(18)24(23)25(21)29/h6-9,12,14,16,28H,5,10-11,13H2,1-4H3. The molecule has 0 amide bonds. The van der Waals surface area contributed by atoms with Gasteiger partial charge in [-0.15, -0.1) is 0 Å². The molecule has 1 atom stereocenters. The molecule has 0 saturated heterocycles. The van der Waals surface area contributed by atoms with Crippen LogP contribution in [0.4, 0.5) is 0 Å². The summed E-state index contributed by atoms with van der Waals surface area (Å²) in [6.07, 6.45) is 1.80. The Morgan fingerprint density at radius 3 is 2.70 bits per heavy atom. The van der Waals surface area contributed by atoms with Crippen LogP contribution in [0.25, 0.3) is 5.57 Å². The van der Waals surface area contributed by atoms with E-state index in [1.54, 1.807) is 6.07 Å². The Morgan fingerprint density at radius 1 is 1.20 bits per heavy atom. The minimum absolute atomic E-state index is 0.0766. The lowest BCUT2D eigenvalue weighted by atomic mass is 9.68. The normalized spacial score (nSPS) is 17.1. The highest BCUT2D eigenvalue weighted by Crippen LogP contribution is 2.50. The summed E-state index contributed by atoms with van der Waals surface area (Å²) in [5, 5.41) is 12.7. The van der Waals surface area contributed by atoms with E-state index in [2.05, 4.69) is 39.1 Å². The number of carbonyl (C=O) groups is 1. The van der Waals surface area contributed by atoms with E-state index in [9.17, 15) is 10.1 Å². The second-order valence-electron chi connectivity index (χ2n) is 8.79. The third kappa shape index (κ3) is 3.34. The van der Waals surface area contributed by atoms with Gasteiger partial charge in [-0.05, 0) is 72.4 Å². The van der Waals surface area contributed by atoms with Gasteiger partial charge >= 0.3 is 0 Å². The SMILES string of the molecule is CCC(C)NCCOc1ccc2c(c1)C(C)(C)C1=C(C2=O)c2ccc(C#N)cc2C1. The summed E-state index contributed by atoms with van der Waals surface area (Å²) in [5.74, 6) is 0.875. The minimum Gasteiger partial charge on any atom is -0.492 e. The molecule has 2 aliphatic carbocycles. The van der Waals surface area contributed by atoms with E-state index in [0.29, 0.717) is 24.6 Å². The average Bonchev–Trinajstić information content (AvgIpc) is 3.15. The summed E-state index contributed by atoms with van der Waals surface area (Å²) in [6, 6.07) is 14.2. The maximum absolute atomic E-state index is 13.4. The van der Waals surface area contributed by atoms with Crippen LogP contribution in [0.2, 0.25) is 0 Å². The lowest BCUT2D eigenvalue weighted by Crippen LogP contribution is -2.30. The molecule has 0 heterocycles. The Morgan fingerprint density at radius 2 is 1.97 bits per heavy atom. The second-order valence-corrected chi connectivity index (χ2v) is 8.79. The number of nitrogens with one attached hydrogen (secondary N) is 1. The predicted molar refractivity (Wildman–Crippen MR) is 119 cm³/mol. The maximum atomic E-state index is 13.4. The zero-order chi connectivity index (χ0) is 21.5. The van der Waals surface area contributed by atoms with Crippen LogP contribution < -0.4 is 10.1 Å². The fourth-order valence-corrected chi connectivity index (χ4v) is 4.53. The number of fused-ring (bicyclic) bond motifs is 3. The Balaban J connectivity index is 1.62. The van der Waals surface area contributed by atoms with Crippen LogP contribution in [0.3, 0.4) is 0 Å². The number of allylic oxidation sites excluding steroid dienone is 2. The van der Waals surface area contributed by atoms with E-state index in [1.807, 2.05) is 30.3 Å². The van der Waals surface area contributed by atoms with Crippen molar-refractivity contribution in [3.8, 4) is 11.8 Å². The first kappa shape index (κ1) is 20.4. The Labute approximate surface area is 178 Å². The molecule has 1 N–H and O–H groups in total. The van der Waals surface area contributed by atoms with Gasteiger partial charge in [-0.1, -0.05) is 26.8 Å². The van der Waals surface area contributed by atoms with Crippen molar-refractivity contribution in [3.05, 3.63) is 69.8 Å². The highest BCUT2D eigenvalue weighted by atomic mass is 16.5. The van der Waals surface area contributed by atoms with Gasteiger partial charge in [-0.3, -0.25) is 4.79 Å². The van der Waals surface area contributed by atoms with E-state index >= 15 is 0 Å². The summed E-state index contributed by atoms with van der Waals surface area (Å²) in [7, 11) is 0. The first-order valence-corrected chi connectivity index (χ1v) is 10.7. The summed E-state index contributed by atoms with van der Waals surface area (Å²) in [6.45, 7) is 10.1. The van der Waals surface area contributed by atoms with E-state index in [-0.39, 0.29) is 11.2 Å². The van der Waals surface area contributed by atoms with Gasteiger partial charge in [0.1, 0.15) is 12.4 Å². The zero-order valence-electron chi connectivity index (χ0n) is 18.1. The van der Waals surface area contributed by atoms with Crippen molar-refractivity contribution in [1.82, 2.24) is 5.32 Å². The monoisotopic (exact) mass is 400 g/mol. The van der Waals surface area contributed by atoms with E-state index in [0.717, 1.165) is 52.1 Å². The molecule has 1 unspecified atom stereocenters. The first-order chi connectivity index (χ1) is 14.4. The number of benzene rings is 2. The molecule has 0 spiro atoms. The quantitative estimate of drug-likeness (QED) is 0.707. The lowest BCUT2D eigenvalue weighted by molar-refractivity contribution is 0.105. The number of nitrogens with zero attached hydrogens (tertiary/aromatic N) is 1. The Hall–Kier alpha value is -2.90. The summed E-state index contributed by atoms with van der Waals surface area (Å²) < 4.78 is 5.97. The van der Waals surface area contributed by atoms with Gasteiger partial charge < -0.3 is 10.1 Å². The fourth-order valence-electron chi connectivity index (χ4n) is 4.53. The second kappa shape index (κ2) is 7.74. The highest BCUT2D eigenvalue weighted by molar-refractivity contribution is 6.33.